The van der Waals surface area contributed by atoms with Gasteiger partial charge in [-0.3, -0.25) is 43.2 Å². The van der Waals surface area contributed by atoms with E-state index in [4.69, 9.17) is 125 Å². The van der Waals surface area contributed by atoms with Gasteiger partial charge in [0.2, 0.25) is 17.7 Å². The number of aliphatic carboxylic acids is 3. The Kier molecular flexibility index (Phi) is 99.3. The molecule has 7 N–H and O–H groups in total. The molecule has 0 aromatic heterocycles. The van der Waals surface area contributed by atoms with Crippen molar-refractivity contribution in [3.8, 4) is 0 Å². The summed E-state index contributed by atoms with van der Waals surface area (Å²) in [7, 11) is 0. The van der Waals surface area contributed by atoms with Crippen molar-refractivity contribution in [3.63, 3.8) is 0 Å². The van der Waals surface area contributed by atoms with Gasteiger partial charge in [-0.2, -0.15) is 0 Å². The van der Waals surface area contributed by atoms with Gasteiger partial charge in [0.25, 0.3) is 0 Å². The van der Waals surface area contributed by atoms with Crippen molar-refractivity contribution in [1.82, 2.24) is 10.6 Å². The molecule has 810 valence electrons. The normalized spacial score (nSPS) is 14.0. The van der Waals surface area contributed by atoms with Gasteiger partial charge in [-0.1, -0.05) is 103 Å². The minimum atomic E-state index is -1.19. The number of carbonyl (C=O) groups excluding carboxylic acids is 6. The topological polar surface area (TPSA) is 486 Å². The van der Waals surface area contributed by atoms with Crippen LogP contribution in [-0.2, 0) is 157 Å². The summed E-state index contributed by atoms with van der Waals surface area (Å²) < 4.78 is 133. The lowest BCUT2D eigenvalue weighted by Gasteiger charge is -2.28. The number of nitrogens with one attached hydrogen (secondary N) is 2. The maximum Gasteiger partial charge on any atom is 0.306 e. The Hall–Kier alpha value is -5.13. The molecule has 0 unspecified atom stereocenters. The number of primary amides is 1. The molecular formula is C99H183N3O36. The third-order valence-electron chi connectivity index (χ3n) is 22.1. The zero-order valence-electron chi connectivity index (χ0n) is 84.2. The summed E-state index contributed by atoms with van der Waals surface area (Å²) in [5, 5.41) is 33.7. The molecule has 3 amide bonds. The minimum absolute atomic E-state index is 0.0252. The lowest BCUT2D eigenvalue weighted by molar-refractivity contribution is -0.145. The number of hydrogen-bond donors (Lipinski definition) is 6. The molecule has 1 aliphatic carbocycles. The first kappa shape index (κ1) is 131. The van der Waals surface area contributed by atoms with E-state index >= 15 is 0 Å². The molecule has 39 nitrogen and oxygen atoms in total. The standard InChI is InChI=1S/C99H183N3O36/c1-2-22-88(98(100)112)83-90(103)23-19-20-35-115-37-39-117-41-43-119-45-47-121-49-51-123-53-55-125-57-59-127-61-63-129-65-67-131-69-71-133-73-75-135-77-79-137-81-82-138-80-78-136-76-74-134-72-70-132-68-66-130-64-62-128-60-58-126-56-54-124-52-50-122-48-46-120-44-42-118-40-38-116-36-21-24-92(104)91(32-34-97(110)111)102-95(107)33-31-89(99(113)114)84-93(105)87-29-27-86(28-30-87)85-101-94(106)25-17-15-13-11-9-7-5-3-4-6-8-10-12-14-16-18-26-96(108)109/h86-89,91H,2-85H2,1H3,(H2,100,112)(H,101,106)(H,102,107)(H,108,109)(H,110,111)(H,113,114)/t86-,87+,88-,89-,91+/m1/s1. The number of amides is 3. The first-order valence-corrected chi connectivity index (χ1v) is 51.6. The summed E-state index contributed by atoms with van der Waals surface area (Å²) in [6.45, 7) is 23.6. The Labute approximate surface area is 822 Å². The molecular weight excluding hydrogens is 1810 g/mol. The molecule has 0 aromatic carbocycles. The van der Waals surface area contributed by atoms with Crippen LogP contribution in [0.4, 0.5) is 0 Å². The van der Waals surface area contributed by atoms with E-state index in [-0.39, 0.29) is 106 Å². The number of ketones is 3. The quantitative estimate of drug-likeness (QED) is 0.0308. The van der Waals surface area contributed by atoms with Gasteiger partial charge in [-0.15, -0.1) is 0 Å². The maximum absolute atomic E-state index is 13.3. The average molecular weight is 1990 g/mol. The van der Waals surface area contributed by atoms with Crippen LogP contribution in [0.5, 0.6) is 0 Å². The van der Waals surface area contributed by atoms with Gasteiger partial charge in [0.05, 0.1) is 316 Å². The molecule has 0 bridgehead atoms. The fourth-order valence-electron chi connectivity index (χ4n) is 14.2. The summed E-state index contributed by atoms with van der Waals surface area (Å²) in [6, 6.07) is -1.07. The van der Waals surface area contributed by atoms with E-state index in [0.29, 0.717) is 349 Å². The zero-order chi connectivity index (χ0) is 99.9. The zero-order valence-corrected chi connectivity index (χ0v) is 84.2. The molecule has 0 radical (unpaired) electrons. The van der Waals surface area contributed by atoms with E-state index < -0.39 is 41.7 Å². The summed E-state index contributed by atoms with van der Waals surface area (Å²) in [5.41, 5.74) is 5.39. The monoisotopic (exact) mass is 1990 g/mol. The van der Waals surface area contributed by atoms with Gasteiger partial charge < -0.3 is 145 Å². The van der Waals surface area contributed by atoms with E-state index in [1.54, 1.807) is 0 Å². The highest BCUT2D eigenvalue weighted by molar-refractivity contribution is 5.90. The predicted molar refractivity (Wildman–Crippen MR) is 513 cm³/mol. The first-order chi connectivity index (χ1) is 67.6. The minimum Gasteiger partial charge on any atom is -0.481 e. The van der Waals surface area contributed by atoms with Crippen LogP contribution in [0.2, 0.25) is 0 Å². The molecule has 0 aliphatic heterocycles. The molecule has 39 heteroatoms. The van der Waals surface area contributed by atoms with Crippen molar-refractivity contribution in [2.45, 2.75) is 238 Å². The van der Waals surface area contributed by atoms with Crippen LogP contribution >= 0.6 is 0 Å². The Morgan fingerprint density at radius 3 is 0.812 bits per heavy atom. The van der Waals surface area contributed by atoms with E-state index in [1.165, 1.54) is 64.2 Å². The second-order valence-electron chi connectivity index (χ2n) is 33.7. The van der Waals surface area contributed by atoms with Crippen LogP contribution in [0.25, 0.3) is 0 Å². The van der Waals surface area contributed by atoms with E-state index in [0.717, 1.165) is 70.6 Å². The number of rotatable bonds is 116. The van der Waals surface area contributed by atoms with Crippen molar-refractivity contribution < 1.29 is 172 Å². The van der Waals surface area contributed by atoms with Crippen LogP contribution < -0.4 is 16.4 Å². The highest BCUT2D eigenvalue weighted by atomic mass is 16.6. The Balaban J connectivity index is 1.79. The van der Waals surface area contributed by atoms with E-state index in [1.807, 2.05) is 6.92 Å². The van der Waals surface area contributed by atoms with E-state index in [9.17, 15) is 53.4 Å². The molecule has 0 heterocycles. The van der Waals surface area contributed by atoms with Gasteiger partial charge in [0.1, 0.15) is 11.6 Å². The second-order valence-corrected chi connectivity index (χ2v) is 33.7. The van der Waals surface area contributed by atoms with Gasteiger partial charge in [0.15, 0.2) is 5.78 Å². The van der Waals surface area contributed by atoms with Gasteiger partial charge in [0, 0.05) is 83.0 Å². The van der Waals surface area contributed by atoms with Gasteiger partial charge >= 0.3 is 17.9 Å². The Morgan fingerprint density at radius 1 is 0.268 bits per heavy atom. The van der Waals surface area contributed by atoms with Gasteiger partial charge in [-0.25, -0.2) is 0 Å². The maximum atomic E-state index is 13.3. The predicted octanol–water partition coefficient (Wildman–Crippen LogP) is 9.58. The van der Waals surface area contributed by atoms with E-state index in [2.05, 4.69) is 10.6 Å². The second kappa shape index (κ2) is 105. The number of nitrogens with two attached hydrogens (primary N) is 1. The third kappa shape index (κ3) is 95.7. The highest BCUT2D eigenvalue weighted by Gasteiger charge is 2.31. The molecule has 3 atom stereocenters. The number of unbranched alkanes of at least 4 members (excludes halogenated alkanes) is 16. The molecule has 1 fully saturated rings. The SMILES string of the molecule is CCC[C@H](CC(=O)CCCCOCCOCCOCCOCCOCCOCCOCCOCCOCCOCCOCCOCCOCCOCCOCCOCCOCCOCCOCCOCCOCCOCCOCCOCCCC(=O)[C@H](CCC(=O)O)NC(=O)CC[C@H](CC(=O)[C@H]1CC[C@@H](CNC(=O)CCCCCCCCCCCCCCCCCCC(=O)O)CC1)C(=O)O)C(N)=O. The Morgan fingerprint density at radius 2 is 0.536 bits per heavy atom. The lowest BCUT2D eigenvalue weighted by Crippen LogP contribution is -2.41. The fourth-order valence-corrected chi connectivity index (χ4v) is 14.2. The highest BCUT2D eigenvalue weighted by Crippen LogP contribution is 2.31. The number of carboxylic acids is 3. The van der Waals surface area contributed by atoms with Crippen LogP contribution in [0, 0.1) is 23.7 Å². The molecule has 0 saturated heterocycles. The largest absolute Gasteiger partial charge is 0.481 e. The summed E-state index contributed by atoms with van der Waals surface area (Å²) in [6.07, 6.45) is 24.9. The molecule has 0 spiro atoms. The number of ether oxygens (including phenoxy) is 24. The number of Topliss-reactive ketones (excluding diaryl/α,β-unsaturated/α-hetero) is 3. The first-order valence-electron chi connectivity index (χ1n) is 51.6. The average Bonchev–Trinajstić information content (AvgIpc) is 0.865. The number of hydrogen-bond acceptors (Lipinski definition) is 33. The van der Waals surface area contributed by atoms with Crippen LogP contribution in [-0.4, -0.2) is 398 Å². The number of carboxylic acid groups (broad SMARTS) is 3. The van der Waals surface area contributed by atoms with Gasteiger partial charge in [-0.05, 0) is 83.0 Å². The summed E-state index contributed by atoms with van der Waals surface area (Å²) >= 11 is 0. The summed E-state index contributed by atoms with van der Waals surface area (Å²) in [5.74, 6) is -5.88. The van der Waals surface area contributed by atoms with Crippen LogP contribution in [0.3, 0.4) is 0 Å². The molecule has 138 heavy (non-hydrogen) atoms. The molecule has 1 aliphatic rings. The van der Waals surface area contributed by atoms with Crippen molar-refractivity contribution in [3.05, 3.63) is 0 Å². The van der Waals surface area contributed by atoms with Crippen molar-refractivity contribution >= 4 is 53.0 Å². The fraction of sp³-hybridized carbons (Fsp3) is 0.909. The number of carbonyl (C=O) groups is 9. The van der Waals surface area contributed by atoms with Crippen molar-refractivity contribution in [2.24, 2.45) is 29.4 Å². The molecule has 0 aromatic rings. The summed E-state index contributed by atoms with van der Waals surface area (Å²) in [4.78, 5) is 110. The lowest BCUT2D eigenvalue weighted by atomic mass is 9.78. The molecule has 1 rings (SSSR count). The molecule has 1 saturated carbocycles. The smallest absolute Gasteiger partial charge is 0.306 e. The van der Waals surface area contributed by atoms with Crippen LogP contribution in [0.1, 0.15) is 232 Å². The Bertz CT molecular complexity index is 2770. The third-order valence-corrected chi connectivity index (χ3v) is 22.1. The van der Waals surface area contributed by atoms with Crippen molar-refractivity contribution in [1.29, 1.82) is 0 Å². The van der Waals surface area contributed by atoms with Crippen molar-refractivity contribution in [2.75, 3.05) is 324 Å². The van der Waals surface area contributed by atoms with Crippen LogP contribution in [0.15, 0.2) is 0 Å².